The van der Waals surface area contributed by atoms with Crippen LogP contribution in [-0.4, -0.2) is 60.2 Å². The largest absolute Gasteiger partial charge is 0.369 e. The number of piperazine rings is 1. The maximum atomic E-state index is 13.2. The molecule has 0 bridgehead atoms. The molecule has 1 N–H and O–H groups in total. The van der Waals surface area contributed by atoms with Crippen molar-refractivity contribution in [2.75, 3.05) is 44.2 Å². The lowest BCUT2D eigenvalue weighted by atomic mass is 10.1. The Bertz CT molecular complexity index is 1130. The minimum Gasteiger partial charge on any atom is -0.369 e. The van der Waals surface area contributed by atoms with Crippen molar-refractivity contribution in [3.63, 3.8) is 0 Å². The minimum absolute atomic E-state index is 0.0525. The van der Waals surface area contributed by atoms with Crippen LogP contribution >= 0.6 is 0 Å². The normalized spacial score (nSPS) is 17.0. The van der Waals surface area contributed by atoms with E-state index in [2.05, 4.69) is 63.4 Å². The van der Waals surface area contributed by atoms with Crippen LogP contribution in [0.5, 0.6) is 0 Å². The Balaban J connectivity index is 1.20. The van der Waals surface area contributed by atoms with E-state index in [1.807, 2.05) is 6.07 Å². The molecule has 5 rings (SSSR count). The van der Waals surface area contributed by atoms with Gasteiger partial charge in [0, 0.05) is 56.6 Å². The topological polar surface area (TPSA) is 74.5 Å². The molecule has 0 atom stereocenters. The molecule has 7 heteroatoms. The Morgan fingerprint density at radius 3 is 2.73 bits per heavy atom. The molecule has 2 aromatic heterocycles. The molecule has 1 amide bonds. The van der Waals surface area contributed by atoms with E-state index in [0.29, 0.717) is 23.7 Å². The van der Waals surface area contributed by atoms with E-state index in [-0.39, 0.29) is 5.91 Å². The van der Waals surface area contributed by atoms with Crippen LogP contribution in [0.15, 0.2) is 34.9 Å². The first-order chi connectivity index (χ1) is 16.1. The van der Waals surface area contributed by atoms with Gasteiger partial charge in [-0.3, -0.25) is 9.69 Å². The number of pyridine rings is 1. The number of aromatic nitrogens is 2. The fourth-order valence-corrected chi connectivity index (χ4v) is 4.68. The Kier molecular flexibility index (Phi) is 6.31. The lowest BCUT2D eigenvalue weighted by molar-refractivity contribution is 0.0949. The van der Waals surface area contributed by atoms with Gasteiger partial charge in [0.1, 0.15) is 0 Å². The van der Waals surface area contributed by atoms with Crippen LogP contribution < -0.4 is 10.2 Å². The second-order valence-electron chi connectivity index (χ2n) is 9.35. The van der Waals surface area contributed by atoms with Gasteiger partial charge in [0.25, 0.3) is 11.6 Å². The molecule has 2 aliphatic rings. The number of nitrogens with one attached hydrogen (secondary N) is 1. The van der Waals surface area contributed by atoms with E-state index >= 15 is 0 Å². The summed E-state index contributed by atoms with van der Waals surface area (Å²) in [5.74, 6) is 0.397. The van der Waals surface area contributed by atoms with E-state index in [0.717, 1.165) is 75.2 Å². The first-order valence-corrected chi connectivity index (χ1v) is 12.2. The van der Waals surface area contributed by atoms with E-state index < -0.39 is 0 Å². The first kappa shape index (κ1) is 21.9. The van der Waals surface area contributed by atoms with Gasteiger partial charge >= 0.3 is 0 Å². The lowest BCUT2D eigenvalue weighted by Crippen LogP contribution is -2.48. The monoisotopic (exact) mass is 447 g/mol. The molecule has 0 unspecified atom stereocenters. The number of fused-ring (bicyclic) bond motifs is 1. The highest BCUT2D eigenvalue weighted by atomic mass is 16.5. The van der Waals surface area contributed by atoms with E-state index in [4.69, 9.17) is 4.52 Å². The number of carbonyl (C=O) groups excluding carboxylic acids is 1. The zero-order valence-electron chi connectivity index (χ0n) is 19.6. The summed E-state index contributed by atoms with van der Waals surface area (Å²) in [6, 6.07) is 10.7. The summed E-state index contributed by atoms with van der Waals surface area (Å²) in [4.78, 5) is 22.7. The molecular weight excluding hydrogens is 414 g/mol. The average molecular weight is 448 g/mol. The predicted octanol–water partition coefficient (Wildman–Crippen LogP) is 3.91. The summed E-state index contributed by atoms with van der Waals surface area (Å²) in [5, 5.41) is 8.14. The zero-order chi connectivity index (χ0) is 22.8. The second-order valence-corrected chi connectivity index (χ2v) is 9.35. The van der Waals surface area contributed by atoms with Gasteiger partial charge < -0.3 is 14.7 Å². The number of aryl methyl sites for hydroxylation is 2. The van der Waals surface area contributed by atoms with Crippen LogP contribution in [0.3, 0.4) is 0 Å². The van der Waals surface area contributed by atoms with Crippen LogP contribution in [0.1, 0.15) is 59.4 Å². The van der Waals surface area contributed by atoms with E-state index in [1.165, 1.54) is 11.3 Å². The number of hydrogen-bond donors (Lipinski definition) is 1. The molecule has 0 radical (unpaired) electrons. The van der Waals surface area contributed by atoms with Crippen molar-refractivity contribution in [3.05, 3.63) is 52.8 Å². The third kappa shape index (κ3) is 4.88. The van der Waals surface area contributed by atoms with E-state index in [9.17, 15) is 4.79 Å². The van der Waals surface area contributed by atoms with Gasteiger partial charge in [0.2, 0.25) is 0 Å². The number of anilines is 1. The fraction of sp³-hybridized carbons (Fsp3) is 0.500. The van der Waals surface area contributed by atoms with Crippen LogP contribution in [0, 0.1) is 6.92 Å². The number of carbonyl (C=O) groups is 1. The molecule has 1 saturated carbocycles. The first-order valence-electron chi connectivity index (χ1n) is 12.2. The molecule has 1 saturated heterocycles. The van der Waals surface area contributed by atoms with Crippen molar-refractivity contribution in [2.24, 2.45) is 0 Å². The highest BCUT2D eigenvalue weighted by Gasteiger charge is 2.29. The van der Waals surface area contributed by atoms with Crippen LogP contribution in [0.25, 0.3) is 11.1 Å². The van der Waals surface area contributed by atoms with E-state index in [1.54, 1.807) is 0 Å². The highest BCUT2D eigenvalue weighted by Crippen LogP contribution is 2.40. The third-order valence-electron chi connectivity index (χ3n) is 6.72. The summed E-state index contributed by atoms with van der Waals surface area (Å²) < 4.78 is 5.51. The number of amides is 1. The van der Waals surface area contributed by atoms with Gasteiger partial charge in [-0.2, -0.15) is 0 Å². The Hall–Kier alpha value is -2.93. The maximum Gasteiger partial charge on any atom is 0.259 e. The van der Waals surface area contributed by atoms with Crippen molar-refractivity contribution < 1.29 is 9.32 Å². The summed E-state index contributed by atoms with van der Waals surface area (Å²) in [6.07, 6.45) is 3.98. The molecule has 1 aliphatic heterocycles. The van der Waals surface area contributed by atoms with Crippen LogP contribution in [0.4, 0.5) is 5.69 Å². The van der Waals surface area contributed by atoms with Crippen molar-refractivity contribution in [1.82, 2.24) is 20.4 Å². The lowest BCUT2D eigenvalue weighted by Gasteiger charge is -2.36. The van der Waals surface area contributed by atoms with Crippen molar-refractivity contribution >= 4 is 22.7 Å². The average Bonchev–Trinajstić information content (AvgIpc) is 3.60. The van der Waals surface area contributed by atoms with Crippen molar-refractivity contribution in [1.29, 1.82) is 0 Å². The summed E-state index contributed by atoms with van der Waals surface area (Å²) in [5.41, 5.74) is 5.55. The Morgan fingerprint density at radius 1 is 1.18 bits per heavy atom. The number of rotatable bonds is 8. The molecule has 1 aliphatic carbocycles. The van der Waals surface area contributed by atoms with Gasteiger partial charge in [0.15, 0.2) is 0 Å². The summed E-state index contributed by atoms with van der Waals surface area (Å²) >= 11 is 0. The van der Waals surface area contributed by atoms with Gasteiger partial charge in [-0.05, 0) is 49.9 Å². The number of hydrogen-bond acceptors (Lipinski definition) is 6. The maximum absolute atomic E-state index is 13.2. The summed E-state index contributed by atoms with van der Waals surface area (Å²) in [7, 11) is 0. The molecule has 2 fully saturated rings. The molecular formula is C26H33N5O2. The third-order valence-corrected chi connectivity index (χ3v) is 6.72. The van der Waals surface area contributed by atoms with Crippen LogP contribution in [-0.2, 0) is 6.42 Å². The zero-order valence-corrected chi connectivity index (χ0v) is 19.6. The van der Waals surface area contributed by atoms with Gasteiger partial charge in [0.05, 0.1) is 16.6 Å². The molecule has 33 heavy (non-hydrogen) atoms. The molecule has 3 heterocycles. The molecule has 0 spiro atoms. The van der Waals surface area contributed by atoms with Gasteiger partial charge in [-0.15, -0.1) is 0 Å². The number of benzene rings is 1. The van der Waals surface area contributed by atoms with Crippen molar-refractivity contribution in [2.45, 2.75) is 45.4 Å². The Labute approximate surface area is 195 Å². The van der Waals surface area contributed by atoms with Crippen molar-refractivity contribution in [3.8, 4) is 0 Å². The van der Waals surface area contributed by atoms with Crippen LogP contribution in [0.2, 0.25) is 0 Å². The quantitative estimate of drug-likeness (QED) is 0.564. The van der Waals surface area contributed by atoms with Gasteiger partial charge in [-0.25, -0.2) is 4.98 Å². The molecule has 3 aromatic rings. The second kappa shape index (κ2) is 9.51. The predicted molar refractivity (Wildman–Crippen MR) is 130 cm³/mol. The molecule has 174 valence electrons. The Morgan fingerprint density at radius 2 is 2.00 bits per heavy atom. The summed E-state index contributed by atoms with van der Waals surface area (Å²) in [6.45, 7) is 9.73. The molecule has 1 aromatic carbocycles. The smallest absolute Gasteiger partial charge is 0.259 e. The number of nitrogens with zero attached hydrogens (tertiary/aromatic N) is 4. The minimum atomic E-state index is -0.0525. The molecule has 7 nitrogen and oxygen atoms in total. The highest BCUT2D eigenvalue weighted by molar-refractivity contribution is 6.06. The SMILES string of the molecule is CCCc1noc2nc(C3CC3)cc(C(=O)NCCN3CCN(c4cccc(C)c4)CC3)c12. The standard InChI is InChI=1S/C26H33N5O2/c1-3-5-22-24-21(17-23(19-8-9-19)28-26(24)33-29-22)25(32)27-10-11-30-12-14-31(15-13-30)20-7-4-6-18(2)16-20/h4,6-7,16-17,19H,3,5,8-15H2,1-2H3,(H,27,32). The van der Waals surface area contributed by atoms with Gasteiger partial charge in [-0.1, -0.05) is 30.6 Å². The fourth-order valence-electron chi connectivity index (χ4n) is 4.68.